The number of hydrogen-bond acceptors (Lipinski definition) is 4. The van der Waals surface area contributed by atoms with Crippen LogP contribution in [0.25, 0.3) is 6.08 Å². The predicted octanol–water partition coefficient (Wildman–Crippen LogP) is 4.30. The third kappa shape index (κ3) is 6.09. The van der Waals surface area contributed by atoms with Crippen LogP contribution in [0.5, 0.6) is 5.75 Å². The largest absolute Gasteiger partial charge is 0.497 e. The fourth-order valence-corrected chi connectivity index (χ4v) is 2.19. The summed E-state index contributed by atoms with van der Waals surface area (Å²) in [5, 5.41) is 2.74. The van der Waals surface area contributed by atoms with Crippen molar-refractivity contribution in [2.75, 3.05) is 19.0 Å². The number of carbonyl (C=O) groups excluding carboxylic acids is 2. The molecule has 0 aliphatic carbocycles. The molecule has 0 radical (unpaired) electrons. The molecule has 1 N–H and O–H groups in total. The smallest absolute Gasteiger partial charge is 0.338 e. The van der Waals surface area contributed by atoms with Crippen LogP contribution in [-0.4, -0.2) is 25.6 Å². The number of ether oxygens (including phenoxy) is 2. The zero-order valence-corrected chi connectivity index (χ0v) is 15.0. The first kappa shape index (κ1) is 19.2. The van der Waals surface area contributed by atoms with E-state index >= 15 is 0 Å². The van der Waals surface area contributed by atoms with Crippen LogP contribution < -0.4 is 10.1 Å². The van der Waals surface area contributed by atoms with E-state index in [-0.39, 0.29) is 11.9 Å². The lowest BCUT2D eigenvalue weighted by Gasteiger charge is -2.06. The van der Waals surface area contributed by atoms with Crippen molar-refractivity contribution in [1.82, 2.24) is 0 Å². The van der Waals surface area contributed by atoms with Gasteiger partial charge in [0.05, 0.1) is 19.3 Å². The Labute approximate surface area is 153 Å². The van der Waals surface area contributed by atoms with Gasteiger partial charge in [0, 0.05) is 11.8 Å². The highest BCUT2D eigenvalue weighted by Crippen LogP contribution is 2.14. The summed E-state index contributed by atoms with van der Waals surface area (Å²) in [6.07, 6.45) is 4.94. The lowest BCUT2D eigenvalue weighted by Crippen LogP contribution is -2.10. The van der Waals surface area contributed by atoms with Crippen LogP contribution >= 0.6 is 0 Å². The van der Waals surface area contributed by atoms with Crippen LogP contribution in [0.15, 0.2) is 54.6 Å². The van der Waals surface area contributed by atoms with Crippen LogP contribution in [0, 0.1) is 0 Å². The van der Waals surface area contributed by atoms with Crippen LogP contribution in [0.4, 0.5) is 5.69 Å². The van der Waals surface area contributed by atoms with Crippen LogP contribution in [0.3, 0.4) is 0 Å². The van der Waals surface area contributed by atoms with E-state index in [4.69, 9.17) is 9.47 Å². The van der Waals surface area contributed by atoms with Gasteiger partial charge in [0.1, 0.15) is 5.75 Å². The summed E-state index contributed by atoms with van der Waals surface area (Å²) < 4.78 is 10.3. The van der Waals surface area contributed by atoms with Gasteiger partial charge in [-0.3, -0.25) is 4.79 Å². The van der Waals surface area contributed by atoms with Gasteiger partial charge in [0.25, 0.3) is 0 Å². The molecule has 0 saturated carbocycles. The molecule has 2 rings (SSSR count). The minimum Gasteiger partial charge on any atom is -0.497 e. The molecule has 0 aromatic heterocycles. The van der Waals surface area contributed by atoms with Crippen molar-refractivity contribution in [3.63, 3.8) is 0 Å². The quantitative estimate of drug-likeness (QED) is 0.436. The van der Waals surface area contributed by atoms with E-state index in [1.807, 2.05) is 31.2 Å². The van der Waals surface area contributed by atoms with Gasteiger partial charge in [-0.2, -0.15) is 0 Å². The van der Waals surface area contributed by atoms with Gasteiger partial charge in [-0.15, -0.1) is 0 Å². The van der Waals surface area contributed by atoms with Crippen molar-refractivity contribution in [1.29, 1.82) is 0 Å². The minimum absolute atomic E-state index is 0.280. The number of anilines is 1. The van der Waals surface area contributed by atoms with Crippen molar-refractivity contribution in [3.8, 4) is 5.75 Å². The molecule has 136 valence electrons. The maximum absolute atomic E-state index is 12.1. The highest BCUT2D eigenvalue weighted by Gasteiger charge is 2.08. The molecule has 0 fully saturated rings. The summed E-state index contributed by atoms with van der Waals surface area (Å²) in [6.45, 7) is 2.43. The fourth-order valence-electron chi connectivity index (χ4n) is 2.19. The van der Waals surface area contributed by atoms with Gasteiger partial charge < -0.3 is 14.8 Å². The number of carbonyl (C=O) groups is 2. The van der Waals surface area contributed by atoms with E-state index in [1.165, 1.54) is 6.08 Å². The third-order valence-corrected chi connectivity index (χ3v) is 3.64. The summed E-state index contributed by atoms with van der Waals surface area (Å²) in [6, 6.07) is 14.1. The zero-order valence-electron chi connectivity index (χ0n) is 15.0. The number of benzene rings is 2. The third-order valence-electron chi connectivity index (χ3n) is 3.64. The molecule has 2 aromatic carbocycles. The first-order valence-corrected chi connectivity index (χ1v) is 8.52. The molecular formula is C21H23NO4. The Hall–Kier alpha value is -3.08. The van der Waals surface area contributed by atoms with Crippen molar-refractivity contribution in [3.05, 3.63) is 65.7 Å². The number of nitrogens with one attached hydrogen (secondary N) is 1. The second-order valence-electron chi connectivity index (χ2n) is 5.67. The monoisotopic (exact) mass is 353 g/mol. The molecule has 0 saturated heterocycles. The Bertz CT molecular complexity index is 766. The molecule has 1 amide bonds. The van der Waals surface area contributed by atoms with Gasteiger partial charge in [-0.25, -0.2) is 4.79 Å². The van der Waals surface area contributed by atoms with Gasteiger partial charge in [0.15, 0.2) is 0 Å². The summed E-state index contributed by atoms with van der Waals surface area (Å²) in [5.41, 5.74) is 1.84. The standard InChI is InChI=1S/C21H23NO4/c1-3-4-14-26-21(24)17-6-5-7-18(15-17)22-20(23)13-10-16-8-11-19(25-2)12-9-16/h5-13,15H,3-4,14H2,1-2H3,(H,22,23). The van der Waals surface area contributed by atoms with Gasteiger partial charge in [-0.05, 0) is 48.4 Å². The molecule has 5 heteroatoms. The number of unbranched alkanes of at least 4 members (excludes halogenated alkanes) is 1. The van der Waals surface area contributed by atoms with Crippen molar-refractivity contribution in [2.45, 2.75) is 19.8 Å². The van der Waals surface area contributed by atoms with Crippen molar-refractivity contribution in [2.24, 2.45) is 0 Å². The second-order valence-corrected chi connectivity index (χ2v) is 5.67. The number of rotatable bonds is 8. The first-order valence-electron chi connectivity index (χ1n) is 8.52. The lowest BCUT2D eigenvalue weighted by molar-refractivity contribution is -0.111. The molecule has 26 heavy (non-hydrogen) atoms. The highest BCUT2D eigenvalue weighted by atomic mass is 16.5. The second kappa shape index (κ2) is 10.0. The van der Waals surface area contributed by atoms with E-state index in [9.17, 15) is 9.59 Å². The van der Waals surface area contributed by atoms with Crippen LogP contribution in [0.2, 0.25) is 0 Å². The number of methoxy groups -OCH3 is 1. The van der Waals surface area contributed by atoms with E-state index in [2.05, 4.69) is 5.32 Å². The number of esters is 1. The van der Waals surface area contributed by atoms with E-state index < -0.39 is 0 Å². The predicted molar refractivity (Wildman–Crippen MR) is 102 cm³/mol. The average molecular weight is 353 g/mol. The van der Waals surface area contributed by atoms with E-state index in [0.29, 0.717) is 17.9 Å². The SMILES string of the molecule is CCCCOC(=O)c1cccc(NC(=O)C=Cc2ccc(OC)cc2)c1. The summed E-state index contributed by atoms with van der Waals surface area (Å²) in [4.78, 5) is 24.0. The molecule has 0 unspecified atom stereocenters. The Balaban J connectivity index is 1.94. The van der Waals surface area contributed by atoms with Crippen LogP contribution in [-0.2, 0) is 9.53 Å². The van der Waals surface area contributed by atoms with Gasteiger partial charge in [0.2, 0.25) is 5.91 Å². The molecule has 5 nitrogen and oxygen atoms in total. The van der Waals surface area contributed by atoms with Crippen molar-refractivity contribution >= 4 is 23.6 Å². The normalized spacial score (nSPS) is 10.5. The Morgan fingerprint density at radius 2 is 1.88 bits per heavy atom. The minimum atomic E-state index is -0.386. The lowest BCUT2D eigenvalue weighted by atomic mass is 10.2. The summed E-state index contributed by atoms with van der Waals surface area (Å²) in [5.74, 6) is 0.0925. The molecular weight excluding hydrogens is 330 g/mol. The van der Waals surface area contributed by atoms with E-state index in [0.717, 1.165) is 24.2 Å². The maximum Gasteiger partial charge on any atom is 0.338 e. The Morgan fingerprint density at radius 3 is 2.58 bits per heavy atom. The van der Waals surface area contributed by atoms with Crippen molar-refractivity contribution < 1.29 is 19.1 Å². The van der Waals surface area contributed by atoms with Crippen LogP contribution in [0.1, 0.15) is 35.7 Å². The maximum atomic E-state index is 12.1. The molecule has 0 atom stereocenters. The van der Waals surface area contributed by atoms with E-state index in [1.54, 1.807) is 37.5 Å². The molecule has 0 spiro atoms. The molecule has 0 aliphatic heterocycles. The van der Waals surface area contributed by atoms with Gasteiger partial charge >= 0.3 is 5.97 Å². The number of hydrogen-bond donors (Lipinski definition) is 1. The first-order chi connectivity index (χ1) is 12.6. The Kier molecular flexibility index (Phi) is 7.43. The summed E-state index contributed by atoms with van der Waals surface area (Å²) in [7, 11) is 1.60. The fraction of sp³-hybridized carbons (Fsp3) is 0.238. The van der Waals surface area contributed by atoms with Gasteiger partial charge in [-0.1, -0.05) is 31.5 Å². The number of amides is 1. The Morgan fingerprint density at radius 1 is 1.12 bits per heavy atom. The topological polar surface area (TPSA) is 64.6 Å². The average Bonchev–Trinajstić information content (AvgIpc) is 2.67. The zero-order chi connectivity index (χ0) is 18.8. The molecule has 0 bridgehead atoms. The molecule has 0 heterocycles. The highest BCUT2D eigenvalue weighted by molar-refractivity contribution is 6.02. The molecule has 0 aliphatic rings. The summed E-state index contributed by atoms with van der Waals surface area (Å²) >= 11 is 0. The molecule has 2 aromatic rings.